The average Bonchev–Trinajstić information content (AvgIpc) is 3.42. The summed E-state index contributed by atoms with van der Waals surface area (Å²) in [7, 11) is 0. The molecule has 0 saturated carbocycles. The van der Waals surface area contributed by atoms with E-state index in [1.807, 2.05) is 0 Å². The minimum absolute atomic E-state index is 0.0941. The molecule has 76 heavy (non-hydrogen) atoms. The molecule has 428 valence electrons. The lowest BCUT2D eigenvalue weighted by atomic mass is 10.1. The highest BCUT2D eigenvalue weighted by molar-refractivity contribution is 5.71. The van der Waals surface area contributed by atoms with Crippen LogP contribution in [-0.4, -0.2) is 37.2 Å². The van der Waals surface area contributed by atoms with Gasteiger partial charge < -0.3 is 14.2 Å². The summed E-state index contributed by atoms with van der Waals surface area (Å²) in [5.41, 5.74) is 0. The molecule has 0 aliphatic carbocycles. The van der Waals surface area contributed by atoms with Gasteiger partial charge in [0.2, 0.25) is 0 Å². The van der Waals surface area contributed by atoms with Gasteiger partial charge in [0, 0.05) is 19.3 Å². The van der Waals surface area contributed by atoms with E-state index in [4.69, 9.17) is 14.2 Å². The largest absolute Gasteiger partial charge is 0.462 e. The standard InChI is InChI=1S/C70H112O6/c1-4-7-10-13-16-18-20-22-24-26-28-30-32-33-34-35-36-37-39-40-42-44-46-48-50-52-54-57-60-63-69(72)75-66-67(65-74-68(71)62-59-56-15-12-9-6-3)76-70(73)64-61-58-55-53-51-49-47-45-43-41-38-31-29-27-25-23-21-19-17-14-11-8-5-2/h7-8,10-11,16-19,22-25,28-31,33-34,36-37,41,43,47,49,67H,4-6,9,12-15,20-21,26-27,32,35,38-40,42,44-46,48,50-66H2,1-3H3/b10-7-,11-8-,18-16-,19-17-,24-22-,25-23-,30-28-,31-29-,34-33-,37-36-,43-41-,49-47-. The molecular formula is C70H112O6. The van der Waals surface area contributed by atoms with Gasteiger partial charge in [-0.2, -0.15) is 0 Å². The Morgan fingerprint density at radius 2 is 0.513 bits per heavy atom. The normalized spacial score (nSPS) is 13.1. The molecule has 6 heteroatoms. The van der Waals surface area contributed by atoms with Gasteiger partial charge in [-0.25, -0.2) is 0 Å². The monoisotopic (exact) mass is 1050 g/mol. The first-order valence-electron chi connectivity index (χ1n) is 30.8. The summed E-state index contributed by atoms with van der Waals surface area (Å²) in [4.78, 5) is 38.0. The lowest BCUT2D eigenvalue weighted by Crippen LogP contribution is -2.30. The summed E-state index contributed by atoms with van der Waals surface area (Å²) < 4.78 is 16.8. The topological polar surface area (TPSA) is 78.9 Å². The maximum Gasteiger partial charge on any atom is 0.306 e. The third-order valence-corrected chi connectivity index (χ3v) is 12.6. The highest BCUT2D eigenvalue weighted by atomic mass is 16.6. The second kappa shape index (κ2) is 62.8. The van der Waals surface area contributed by atoms with Crippen molar-refractivity contribution in [1.82, 2.24) is 0 Å². The van der Waals surface area contributed by atoms with Crippen LogP contribution < -0.4 is 0 Å². The zero-order valence-electron chi connectivity index (χ0n) is 49.0. The van der Waals surface area contributed by atoms with Gasteiger partial charge in [-0.15, -0.1) is 0 Å². The highest BCUT2D eigenvalue weighted by Gasteiger charge is 2.19. The van der Waals surface area contributed by atoms with Crippen molar-refractivity contribution >= 4 is 17.9 Å². The zero-order chi connectivity index (χ0) is 55.0. The fourth-order valence-corrected chi connectivity index (χ4v) is 8.04. The van der Waals surface area contributed by atoms with Crippen molar-refractivity contribution in [2.45, 2.75) is 264 Å². The van der Waals surface area contributed by atoms with Crippen molar-refractivity contribution in [1.29, 1.82) is 0 Å². The Morgan fingerprint density at radius 3 is 0.803 bits per heavy atom. The van der Waals surface area contributed by atoms with E-state index in [0.29, 0.717) is 19.3 Å². The minimum Gasteiger partial charge on any atom is -0.462 e. The van der Waals surface area contributed by atoms with Crippen LogP contribution in [0.25, 0.3) is 0 Å². The number of ether oxygens (including phenoxy) is 3. The van der Waals surface area contributed by atoms with Crippen molar-refractivity contribution in [2.75, 3.05) is 13.2 Å². The second-order valence-corrected chi connectivity index (χ2v) is 19.9. The third-order valence-electron chi connectivity index (χ3n) is 12.6. The van der Waals surface area contributed by atoms with Crippen LogP contribution >= 0.6 is 0 Å². The Morgan fingerprint density at radius 1 is 0.276 bits per heavy atom. The summed E-state index contributed by atoms with van der Waals surface area (Å²) in [5.74, 6) is -0.937. The molecule has 0 radical (unpaired) electrons. The molecule has 0 aromatic rings. The van der Waals surface area contributed by atoms with Crippen LogP contribution in [0.15, 0.2) is 146 Å². The Kier molecular flexibility index (Phi) is 58.9. The lowest BCUT2D eigenvalue weighted by molar-refractivity contribution is -0.167. The zero-order valence-corrected chi connectivity index (χ0v) is 49.0. The van der Waals surface area contributed by atoms with Gasteiger partial charge in [0.1, 0.15) is 13.2 Å². The third kappa shape index (κ3) is 60.2. The maximum atomic E-state index is 12.8. The predicted molar refractivity (Wildman–Crippen MR) is 329 cm³/mol. The quantitative estimate of drug-likeness (QED) is 0.0261. The van der Waals surface area contributed by atoms with Crippen molar-refractivity contribution < 1.29 is 28.6 Å². The van der Waals surface area contributed by atoms with Crippen LogP contribution in [-0.2, 0) is 28.6 Å². The molecule has 0 rings (SSSR count). The molecule has 0 N–H and O–H groups in total. The summed E-state index contributed by atoms with van der Waals surface area (Å²) in [5, 5.41) is 0. The fraction of sp³-hybridized carbons (Fsp3) is 0.614. The minimum atomic E-state index is -0.797. The molecule has 0 heterocycles. The number of allylic oxidation sites excluding steroid dienone is 24. The molecule has 0 bridgehead atoms. The van der Waals surface area contributed by atoms with Crippen molar-refractivity contribution in [3.8, 4) is 0 Å². The molecule has 1 unspecified atom stereocenters. The molecular weight excluding hydrogens is 937 g/mol. The number of hydrogen-bond acceptors (Lipinski definition) is 6. The lowest BCUT2D eigenvalue weighted by Gasteiger charge is -2.18. The SMILES string of the molecule is CC/C=C\C/C=C\C/C=C\C/C=C\C/C=C\C/C=C\CCCCCCCCCCCCC(=O)OCC(COC(=O)CCCCCCCC)OC(=O)CCCCCC/C=C\C/C=C\C/C=C\C/C=C\C/C=C\C/C=C\CC. The molecule has 0 spiro atoms. The number of rotatable bonds is 54. The Hall–Kier alpha value is -4.71. The number of esters is 3. The fourth-order valence-electron chi connectivity index (χ4n) is 8.04. The molecule has 0 fully saturated rings. The van der Waals surface area contributed by atoms with Gasteiger partial charge in [-0.05, 0) is 122 Å². The van der Waals surface area contributed by atoms with Crippen LogP contribution in [0.5, 0.6) is 0 Å². The second-order valence-electron chi connectivity index (χ2n) is 19.9. The molecule has 0 aromatic heterocycles. The van der Waals surface area contributed by atoms with Gasteiger partial charge in [0.15, 0.2) is 6.10 Å². The number of hydrogen-bond donors (Lipinski definition) is 0. The Bertz CT molecular complexity index is 1680. The van der Waals surface area contributed by atoms with E-state index in [9.17, 15) is 14.4 Å². The van der Waals surface area contributed by atoms with Gasteiger partial charge in [0.25, 0.3) is 0 Å². The summed E-state index contributed by atoms with van der Waals surface area (Å²) >= 11 is 0. The van der Waals surface area contributed by atoms with Crippen LogP contribution in [0.4, 0.5) is 0 Å². The molecule has 0 saturated heterocycles. The van der Waals surface area contributed by atoms with E-state index in [0.717, 1.165) is 148 Å². The Balaban J connectivity index is 4.20. The van der Waals surface area contributed by atoms with Gasteiger partial charge in [-0.1, -0.05) is 263 Å². The van der Waals surface area contributed by atoms with Crippen LogP contribution in [0.1, 0.15) is 258 Å². The van der Waals surface area contributed by atoms with Crippen LogP contribution in [0.2, 0.25) is 0 Å². The molecule has 1 atom stereocenters. The van der Waals surface area contributed by atoms with E-state index in [1.165, 1.54) is 70.6 Å². The smallest absolute Gasteiger partial charge is 0.306 e. The van der Waals surface area contributed by atoms with Gasteiger partial charge in [-0.3, -0.25) is 14.4 Å². The average molecular weight is 1050 g/mol. The molecule has 0 aliphatic heterocycles. The van der Waals surface area contributed by atoms with E-state index < -0.39 is 6.10 Å². The van der Waals surface area contributed by atoms with E-state index in [2.05, 4.69) is 167 Å². The van der Waals surface area contributed by atoms with Gasteiger partial charge >= 0.3 is 17.9 Å². The first kappa shape index (κ1) is 71.3. The van der Waals surface area contributed by atoms with E-state index >= 15 is 0 Å². The van der Waals surface area contributed by atoms with Crippen molar-refractivity contribution in [3.63, 3.8) is 0 Å². The van der Waals surface area contributed by atoms with Crippen molar-refractivity contribution in [2.24, 2.45) is 0 Å². The van der Waals surface area contributed by atoms with Gasteiger partial charge in [0.05, 0.1) is 0 Å². The Labute approximate surface area is 467 Å². The van der Waals surface area contributed by atoms with E-state index in [-0.39, 0.29) is 31.1 Å². The van der Waals surface area contributed by atoms with Crippen LogP contribution in [0, 0.1) is 0 Å². The number of unbranched alkanes of at least 4 members (excludes halogenated alkanes) is 19. The molecule has 0 amide bonds. The van der Waals surface area contributed by atoms with Crippen molar-refractivity contribution in [3.05, 3.63) is 146 Å². The molecule has 6 nitrogen and oxygen atoms in total. The summed E-state index contributed by atoms with van der Waals surface area (Å²) in [6, 6.07) is 0. The highest BCUT2D eigenvalue weighted by Crippen LogP contribution is 2.14. The number of carbonyl (C=O) groups is 3. The first-order valence-corrected chi connectivity index (χ1v) is 30.8. The number of carbonyl (C=O) groups excluding carboxylic acids is 3. The summed E-state index contributed by atoms with van der Waals surface area (Å²) in [6.45, 7) is 6.32. The first-order chi connectivity index (χ1) is 37.5. The maximum absolute atomic E-state index is 12.8. The predicted octanol–water partition coefficient (Wildman–Crippen LogP) is 21.2. The summed E-state index contributed by atoms with van der Waals surface area (Å²) in [6.07, 6.45) is 90.2. The van der Waals surface area contributed by atoms with Crippen LogP contribution in [0.3, 0.4) is 0 Å². The molecule has 0 aliphatic rings. The van der Waals surface area contributed by atoms with E-state index in [1.54, 1.807) is 0 Å². The molecule has 0 aromatic carbocycles.